The van der Waals surface area contributed by atoms with Crippen LogP contribution in [0.15, 0.2) is 4.79 Å². The van der Waals surface area contributed by atoms with Crippen LogP contribution in [0.25, 0.3) is 0 Å². The van der Waals surface area contributed by atoms with Crippen molar-refractivity contribution in [3.05, 3.63) is 21.6 Å². The number of unbranched alkanes of at least 4 members (excludes halogenated alkanes) is 3. The molecular formula is C11H19N3O2. The molecule has 0 spiro atoms. The van der Waals surface area contributed by atoms with Crippen LogP contribution in [0.3, 0.4) is 0 Å². The minimum atomic E-state index is -0.307. The molecule has 1 N–H and O–H groups in total. The first-order valence-corrected chi connectivity index (χ1v) is 5.87. The van der Waals surface area contributed by atoms with E-state index in [1.165, 1.54) is 12.8 Å². The van der Waals surface area contributed by atoms with Gasteiger partial charge in [-0.2, -0.15) is 0 Å². The highest BCUT2D eigenvalue weighted by molar-refractivity contribution is 5.15. The van der Waals surface area contributed by atoms with Gasteiger partial charge >= 0.3 is 0 Å². The summed E-state index contributed by atoms with van der Waals surface area (Å²) in [5, 5.41) is 16.2. The molecule has 16 heavy (non-hydrogen) atoms. The Morgan fingerprint density at radius 2 is 2.00 bits per heavy atom. The van der Waals surface area contributed by atoms with Gasteiger partial charge in [-0.25, -0.2) is 0 Å². The van der Waals surface area contributed by atoms with Gasteiger partial charge in [-0.05, 0) is 24.5 Å². The maximum Gasteiger partial charge on any atom is 0.295 e. The third-order valence-corrected chi connectivity index (χ3v) is 2.68. The van der Waals surface area contributed by atoms with E-state index in [1.807, 2.05) is 6.92 Å². The average Bonchev–Trinajstić information content (AvgIpc) is 2.29. The highest BCUT2D eigenvalue weighted by Gasteiger charge is 2.11. The van der Waals surface area contributed by atoms with Gasteiger partial charge < -0.3 is 5.21 Å². The molecule has 1 rings (SSSR count). The fourth-order valence-corrected chi connectivity index (χ4v) is 1.78. The molecule has 0 fully saturated rings. The zero-order valence-corrected chi connectivity index (χ0v) is 9.94. The van der Waals surface area contributed by atoms with Crippen LogP contribution in [-0.2, 0) is 12.8 Å². The van der Waals surface area contributed by atoms with Crippen molar-refractivity contribution < 1.29 is 5.21 Å². The molecule has 90 valence electrons. The standard InChI is InChI=1S/C11H19N3O2/c1-3-5-6-7-8-9-10(4-2)14(16)13-12-11(9)15/h16H,3-8H2,1-2H3. The molecule has 0 aliphatic heterocycles. The second kappa shape index (κ2) is 6.25. The first-order chi connectivity index (χ1) is 7.70. The molecule has 0 aliphatic carbocycles. The maximum absolute atomic E-state index is 11.5. The molecule has 1 aromatic rings. The first kappa shape index (κ1) is 12.7. The smallest absolute Gasteiger partial charge is 0.295 e. The SMILES string of the molecule is CCCCCCc1c(CC)n(O)nnc1=O. The van der Waals surface area contributed by atoms with Crippen LogP contribution >= 0.6 is 0 Å². The Bertz CT molecular complexity index is 387. The third kappa shape index (κ3) is 3.05. The lowest BCUT2D eigenvalue weighted by molar-refractivity contribution is 0.123. The van der Waals surface area contributed by atoms with Gasteiger partial charge in [-0.15, -0.1) is 0 Å². The molecule has 0 radical (unpaired) electrons. The van der Waals surface area contributed by atoms with Crippen molar-refractivity contribution in [1.82, 2.24) is 15.2 Å². The summed E-state index contributed by atoms with van der Waals surface area (Å²) in [6.07, 6.45) is 5.67. The Labute approximate surface area is 95.1 Å². The lowest BCUT2D eigenvalue weighted by Gasteiger charge is -2.07. The summed E-state index contributed by atoms with van der Waals surface area (Å²) in [5.74, 6) is 0. The Balaban J connectivity index is 2.77. The molecule has 1 aromatic heterocycles. The predicted octanol–water partition coefficient (Wildman–Crippen LogP) is 1.56. The summed E-state index contributed by atoms with van der Waals surface area (Å²) >= 11 is 0. The lowest BCUT2D eigenvalue weighted by atomic mass is 10.1. The van der Waals surface area contributed by atoms with Crippen LogP contribution in [0.2, 0.25) is 0 Å². The first-order valence-electron chi connectivity index (χ1n) is 5.87. The number of aromatic nitrogens is 3. The van der Waals surface area contributed by atoms with Crippen LogP contribution in [0, 0.1) is 0 Å². The molecule has 1 heterocycles. The molecule has 0 unspecified atom stereocenters. The molecule has 0 aliphatic rings. The van der Waals surface area contributed by atoms with Gasteiger partial charge in [0, 0.05) is 5.56 Å². The molecular weight excluding hydrogens is 206 g/mol. The molecule has 0 atom stereocenters. The van der Waals surface area contributed by atoms with Gasteiger partial charge in [0.25, 0.3) is 5.56 Å². The summed E-state index contributed by atoms with van der Waals surface area (Å²) in [6, 6.07) is 0. The van der Waals surface area contributed by atoms with Gasteiger partial charge in [0.2, 0.25) is 0 Å². The van der Waals surface area contributed by atoms with Crippen LogP contribution in [0.5, 0.6) is 0 Å². The maximum atomic E-state index is 11.5. The summed E-state index contributed by atoms with van der Waals surface area (Å²) in [7, 11) is 0. The summed E-state index contributed by atoms with van der Waals surface area (Å²) in [6.45, 7) is 4.03. The number of hydrogen-bond donors (Lipinski definition) is 1. The fourth-order valence-electron chi connectivity index (χ4n) is 1.78. The van der Waals surface area contributed by atoms with E-state index < -0.39 is 0 Å². The molecule has 0 amide bonds. The number of nitrogens with zero attached hydrogens (tertiary/aromatic N) is 3. The minimum absolute atomic E-state index is 0.307. The molecule has 5 heteroatoms. The van der Waals surface area contributed by atoms with E-state index in [0.29, 0.717) is 24.1 Å². The van der Waals surface area contributed by atoms with Crippen LogP contribution < -0.4 is 5.56 Å². The van der Waals surface area contributed by atoms with Crippen molar-refractivity contribution in [3.8, 4) is 0 Å². The van der Waals surface area contributed by atoms with Crippen molar-refractivity contribution in [2.45, 2.75) is 52.4 Å². The van der Waals surface area contributed by atoms with Gasteiger partial charge in [-0.3, -0.25) is 4.79 Å². The largest absolute Gasteiger partial charge is 0.410 e. The Kier molecular flexibility index (Phi) is 4.95. The Morgan fingerprint density at radius 1 is 1.25 bits per heavy atom. The van der Waals surface area contributed by atoms with Crippen LogP contribution in [-0.4, -0.2) is 20.4 Å². The third-order valence-electron chi connectivity index (χ3n) is 2.68. The van der Waals surface area contributed by atoms with Gasteiger partial charge in [0.05, 0.1) is 5.69 Å². The molecule has 0 bridgehead atoms. The summed E-state index contributed by atoms with van der Waals surface area (Å²) in [5.41, 5.74) is 0.881. The van der Waals surface area contributed by atoms with Gasteiger partial charge in [-0.1, -0.05) is 43.1 Å². The summed E-state index contributed by atoms with van der Waals surface area (Å²) in [4.78, 5) is 12.2. The minimum Gasteiger partial charge on any atom is -0.410 e. The van der Waals surface area contributed by atoms with E-state index in [2.05, 4.69) is 17.2 Å². The highest BCUT2D eigenvalue weighted by Crippen LogP contribution is 2.08. The normalized spacial score (nSPS) is 10.6. The Hall–Kier alpha value is -1.39. The van der Waals surface area contributed by atoms with Crippen molar-refractivity contribution in [3.63, 3.8) is 0 Å². The van der Waals surface area contributed by atoms with E-state index in [0.717, 1.165) is 17.7 Å². The van der Waals surface area contributed by atoms with Crippen molar-refractivity contribution in [1.29, 1.82) is 0 Å². The monoisotopic (exact) mass is 225 g/mol. The van der Waals surface area contributed by atoms with E-state index >= 15 is 0 Å². The van der Waals surface area contributed by atoms with E-state index in [4.69, 9.17) is 0 Å². The van der Waals surface area contributed by atoms with Crippen molar-refractivity contribution in [2.75, 3.05) is 0 Å². The van der Waals surface area contributed by atoms with E-state index in [9.17, 15) is 10.0 Å². The topological polar surface area (TPSA) is 68.0 Å². The van der Waals surface area contributed by atoms with Gasteiger partial charge in [0.15, 0.2) is 0 Å². The van der Waals surface area contributed by atoms with Crippen LogP contribution in [0.1, 0.15) is 50.8 Å². The van der Waals surface area contributed by atoms with E-state index in [-0.39, 0.29) is 5.56 Å². The number of hydrogen-bond acceptors (Lipinski definition) is 4. The van der Waals surface area contributed by atoms with E-state index in [1.54, 1.807) is 0 Å². The molecule has 0 saturated carbocycles. The Morgan fingerprint density at radius 3 is 2.62 bits per heavy atom. The second-order valence-electron chi connectivity index (χ2n) is 3.87. The molecule has 0 saturated heterocycles. The predicted molar refractivity (Wildman–Crippen MR) is 60.7 cm³/mol. The van der Waals surface area contributed by atoms with Crippen molar-refractivity contribution in [2.24, 2.45) is 0 Å². The average molecular weight is 225 g/mol. The second-order valence-corrected chi connectivity index (χ2v) is 3.87. The van der Waals surface area contributed by atoms with Gasteiger partial charge in [0.1, 0.15) is 0 Å². The fraction of sp³-hybridized carbons (Fsp3) is 0.727. The van der Waals surface area contributed by atoms with Crippen LogP contribution in [0.4, 0.5) is 0 Å². The highest BCUT2D eigenvalue weighted by atomic mass is 16.5. The summed E-state index contributed by atoms with van der Waals surface area (Å²) < 4.78 is 0. The van der Waals surface area contributed by atoms with Crippen molar-refractivity contribution >= 4 is 0 Å². The molecule has 0 aromatic carbocycles. The number of rotatable bonds is 6. The zero-order chi connectivity index (χ0) is 12.0. The molecule has 5 nitrogen and oxygen atoms in total. The zero-order valence-electron chi connectivity index (χ0n) is 9.94. The quantitative estimate of drug-likeness (QED) is 0.589. The lowest BCUT2D eigenvalue weighted by Crippen LogP contribution is -2.24.